The molecule has 0 saturated carbocycles. The van der Waals surface area contributed by atoms with Crippen molar-refractivity contribution in [2.45, 2.75) is 13.8 Å². The first kappa shape index (κ1) is 36.2. The Balaban J connectivity index is -0.0000000257. The van der Waals surface area contributed by atoms with E-state index in [1.807, 2.05) is 0 Å². The molecular formula is C6H6Ce2O10. The van der Waals surface area contributed by atoms with Crippen LogP contribution in [0.3, 0.4) is 0 Å². The van der Waals surface area contributed by atoms with E-state index in [2.05, 4.69) is 0 Å². The number of hydrogen-bond acceptors (Lipinski definition) is 10. The van der Waals surface area contributed by atoms with E-state index in [-0.39, 0.29) is 89.3 Å². The van der Waals surface area contributed by atoms with Crippen molar-refractivity contribution in [1.29, 1.82) is 0 Å². The molecule has 0 aromatic carbocycles. The van der Waals surface area contributed by atoms with Gasteiger partial charge in [0.2, 0.25) is 0 Å². The van der Waals surface area contributed by atoms with Crippen molar-refractivity contribution in [3.05, 3.63) is 0 Å². The fourth-order valence-electron chi connectivity index (χ4n) is 0. The summed E-state index contributed by atoms with van der Waals surface area (Å²) in [5.74, 6) is 0.167. The van der Waals surface area contributed by atoms with Crippen LogP contribution in [-0.2, 0) is 4.79 Å². The molecule has 0 aromatic rings. The zero-order chi connectivity index (χ0) is 14.3. The molecule has 0 amide bonds. The van der Waals surface area contributed by atoms with Crippen molar-refractivity contribution in [3.63, 3.8) is 0 Å². The maximum Gasteiger partial charge on any atom is 3.00 e. The Hall–Kier alpha value is 0.233. The van der Waals surface area contributed by atoms with Gasteiger partial charge in [0, 0.05) is 0 Å². The van der Waals surface area contributed by atoms with Crippen LogP contribution in [0, 0.1) is 83.5 Å². The third kappa shape index (κ3) is 69200. The fourth-order valence-corrected chi connectivity index (χ4v) is 0. The Morgan fingerprint density at radius 2 is 0.556 bits per heavy atom. The fraction of sp³-hybridized carbons (Fsp3) is 0.333. The monoisotopic (exact) mass is 518 g/mol. The van der Waals surface area contributed by atoms with E-state index in [9.17, 15) is 4.79 Å². The van der Waals surface area contributed by atoms with E-state index in [0.29, 0.717) is 0 Å². The maximum absolute atomic E-state index is 9.44. The minimum atomic E-state index is -2.33. The summed E-state index contributed by atoms with van der Waals surface area (Å²) >= 11 is 0. The van der Waals surface area contributed by atoms with Crippen LogP contribution in [0.4, 0.5) is 14.4 Å². The largest absolute Gasteiger partial charge is 3.00 e. The molecule has 2 radical (unpaired) electrons. The Morgan fingerprint density at radius 1 is 0.556 bits per heavy atom. The van der Waals surface area contributed by atoms with Crippen molar-refractivity contribution in [2.24, 2.45) is 0 Å². The number of carbonyl (C=O) groups excluding carboxylic acids is 4. The molecule has 0 aromatic heterocycles. The average Bonchev–Trinajstić information content (AvgIpc) is 1.76. The summed E-state index contributed by atoms with van der Waals surface area (Å²) in [5.41, 5.74) is 0. The van der Waals surface area contributed by atoms with E-state index in [1.165, 1.54) is 13.8 Å². The molecule has 0 aliphatic rings. The Kier molecular flexibility index (Phi) is 61.0. The second-order valence-electron chi connectivity index (χ2n) is 1.66. The van der Waals surface area contributed by atoms with Gasteiger partial charge in [0.25, 0.3) is 0 Å². The number of carboxylic acid groups (broad SMARTS) is 6. The minimum Gasteiger partial charge on any atom is -0.652 e. The van der Waals surface area contributed by atoms with Gasteiger partial charge in [-0.05, 0) is 32.3 Å². The average molecular weight is 518 g/mol. The number of carbonyl (C=O) groups is 4. The molecule has 0 aliphatic carbocycles. The van der Waals surface area contributed by atoms with Gasteiger partial charge in [-0.3, -0.25) is 0 Å². The Morgan fingerprint density at radius 3 is 0.556 bits per heavy atom. The van der Waals surface area contributed by atoms with Crippen LogP contribution in [0.2, 0.25) is 0 Å². The molecule has 0 rings (SSSR count). The molecule has 0 saturated heterocycles. The molecule has 10 nitrogen and oxygen atoms in total. The molecule has 18 heavy (non-hydrogen) atoms. The predicted molar refractivity (Wildman–Crippen MR) is 32.5 cm³/mol. The van der Waals surface area contributed by atoms with Gasteiger partial charge in [-0.2, -0.15) is 0 Å². The summed E-state index contributed by atoms with van der Waals surface area (Å²) < 4.78 is 0. The molecule has 0 fully saturated rings. The summed E-state index contributed by atoms with van der Waals surface area (Å²) in [6.45, 7) is 3.06. The van der Waals surface area contributed by atoms with Gasteiger partial charge in [0.05, 0.1) is 0 Å². The van der Waals surface area contributed by atoms with Gasteiger partial charge in [0.1, 0.15) is 5.78 Å². The smallest absolute Gasteiger partial charge is 0.652 e. The Labute approximate surface area is 169 Å². The summed E-state index contributed by atoms with van der Waals surface area (Å²) in [7, 11) is 0. The molecule has 0 unspecified atom stereocenters. The van der Waals surface area contributed by atoms with Gasteiger partial charge in [-0.25, -0.2) is 0 Å². The predicted octanol–water partition coefficient (Wildman–Crippen LogP) is -6.75. The minimum absolute atomic E-state index is 0. The zero-order valence-corrected chi connectivity index (χ0v) is 15.4. The number of Topliss-reactive ketones (excluding diaryl/α,β-unsaturated/α-hetero) is 1. The molecule has 0 heterocycles. The zero-order valence-electron chi connectivity index (χ0n) is 9.08. The van der Waals surface area contributed by atoms with Crippen molar-refractivity contribution in [2.75, 3.05) is 0 Å². The van der Waals surface area contributed by atoms with E-state index < -0.39 is 18.5 Å². The van der Waals surface area contributed by atoms with E-state index >= 15 is 0 Å². The quantitative estimate of drug-likeness (QED) is 0.296. The molecule has 0 aliphatic heterocycles. The van der Waals surface area contributed by atoms with Crippen LogP contribution in [0.15, 0.2) is 0 Å². The summed E-state index contributed by atoms with van der Waals surface area (Å²) in [6, 6.07) is 0. The van der Waals surface area contributed by atoms with Crippen LogP contribution in [0.1, 0.15) is 13.8 Å². The van der Waals surface area contributed by atoms with Crippen molar-refractivity contribution in [3.8, 4) is 0 Å². The van der Waals surface area contributed by atoms with Gasteiger partial charge in [0.15, 0.2) is 0 Å². The first-order valence-corrected chi connectivity index (χ1v) is 3.04. The normalized spacial score (nSPS) is 5.44. The standard InChI is InChI=1S/C3H6O.3CH2O3.2Ce/c1-3(2)4;3*2-1(3)4;;/h1-2H3;3*(H2,2,3,4);;/q;;;;2*+3/p-6. The first-order valence-electron chi connectivity index (χ1n) is 3.04. The number of hydrogen-bond donors (Lipinski definition) is 0. The summed E-state index contributed by atoms with van der Waals surface area (Å²) in [4.78, 5) is 34.4. The SMILES string of the molecule is CC(C)=O.O=C([O-])[O-].O=C([O-])[O-].O=C([O-])[O-].[Ce+3].[Ce+3]. The molecule has 0 atom stereocenters. The molecule has 12 heteroatoms. The molecule has 98 valence electrons. The third-order valence-corrected chi connectivity index (χ3v) is 0. The third-order valence-electron chi connectivity index (χ3n) is 0. The van der Waals surface area contributed by atoms with E-state index in [1.54, 1.807) is 0 Å². The van der Waals surface area contributed by atoms with E-state index in [4.69, 9.17) is 45.0 Å². The van der Waals surface area contributed by atoms with Gasteiger partial charge < -0.3 is 49.8 Å². The van der Waals surface area contributed by atoms with Gasteiger partial charge >= 0.3 is 83.5 Å². The van der Waals surface area contributed by atoms with Crippen LogP contribution >= 0.6 is 0 Å². The topological polar surface area (TPSA) is 207 Å². The van der Waals surface area contributed by atoms with Crippen LogP contribution in [-0.4, -0.2) is 24.2 Å². The van der Waals surface area contributed by atoms with Crippen molar-refractivity contribution in [1.82, 2.24) is 0 Å². The van der Waals surface area contributed by atoms with Crippen LogP contribution in [0.5, 0.6) is 0 Å². The first-order chi connectivity index (χ1) is 6.93. The van der Waals surface area contributed by atoms with Crippen molar-refractivity contribution >= 4 is 24.2 Å². The van der Waals surface area contributed by atoms with Gasteiger partial charge in [-0.1, -0.05) is 0 Å². The number of ketones is 1. The molecule has 0 N–H and O–H groups in total. The Bertz CT molecular complexity index is 164. The van der Waals surface area contributed by atoms with Crippen LogP contribution < -0.4 is 30.6 Å². The maximum atomic E-state index is 9.44. The van der Waals surface area contributed by atoms with Crippen LogP contribution in [0.25, 0.3) is 0 Å². The second kappa shape index (κ2) is 30.3. The summed E-state index contributed by atoms with van der Waals surface area (Å²) in [6.07, 6.45) is -7.00. The second-order valence-corrected chi connectivity index (χ2v) is 1.66. The summed E-state index contributed by atoms with van der Waals surface area (Å²) in [5, 5.41) is 50.0. The van der Waals surface area contributed by atoms with Crippen molar-refractivity contribution < 1.29 is 133 Å². The molecular weight excluding hydrogens is 512 g/mol. The molecule has 0 bridgehead atoms. The molecule has 0 spiro atoms. The number of rotatable bonds is 0. The van der Waals surface area contributed by atoms with E-state index in [0.717, 1.165) is 0 Å². The van der Waals surface area contributed by atoms with Gasteiger partial charge in [-0.15, -0.1) is 0 Å².